The molecule has 2 aliphatic rings. The van der Waals surface area contributed by atoms with E-state index in [1.165, 1.54) is 26.6 Å². The first-order valence-electron chi connectivity index (χ1n) is 14.3. The fourth-order valence-corrected chi connectivity index (χ4v) is 4.99. The molecule has 3 heterocycles. The number of rotatable bonds is 5. The quantitative estimate of drug-likeness (QED) is 0.519. The highest BCUT2D eigenvalue weighted by atomic mass is 16.6. The molecule has 13 nitrogen and oxygen atoms in total. The van der Waals surface area contributed by atoms with Gasteiger partial charge in [-0.2, -0.15) is 4.98 Å². The Kier molecular flexibility index (Phi) is 9.24. The average molecular weight is 597 g/mol. The lowest BCUT2D eigenvalue weighted by Crippen LogP contribution is -2.58. The largest absolute Gasteiger partial charge is 0.444 e. The van der Waals surface area contributed by atoms with Gasteiger partial charge in [0.05, 0.1) is 12.3 Å². The highest BCUT2D eigenvalue weighted by Crippen LogP contribution is 2.34. The van der Waals surface area contributed by atoms with E-state index in [1.807, 2.05) is 20.8 Å². The van der Waals surface area contributed by atoms with E-state index in [9.17, 15) is 24.0 Å². The molecule has 2 unspecified atom stereocenters. The number of ether oxygens (including phenoxy) is 2. The molecule has 0 bridgehead atoms. The first-order chi connectivity index (χ1) is 20.2. The normalized spacial score (nSPS) is 19.3. The number of carbonyl (C=O) groups excluding carboxylic acids is 4. The predicted molar refractivity (Wildman–Crippen MR) is 158 cm³/mol. The Hall–Kier alpha value is -4.26. The molecule has 4 amide bonds. The molecule has 232 valence electrons. The summed E-state index contributed by atoms with van der Waals surface area (Å²) in [6.45, 7) is 12.2. The van der Waals surface area contributed by atoms with Gasteiger partial charge in [-0.25, -0.2) is 14.4 Å². The molecule has 4 rings (SSSR count). The van der Waals surface area contributed by atoms with Crippen molar-refractivity contribution in [1.82, 2.24) is 24.3 Å². The SMILES string of the molecule is CC(C)(C)OC(=O)N1C(C(=O)N2CCN(C(=O)Nc3ccn(-c4ccc(CC=O)cc4)c(=O)n3)CC2)COC1C(C)(C)C. The maximum atomic E-state index is 13.6. The van der Waals surface area contributed by atoms with Crippen molar-refractivity contribution < 1.29 is 28.7 Å². The van der Waals surface area contributed by atoms with Crippen LogP contribution in [0.3, 0.4) is 0 Å². The van der Waals surface area contributed by atoms with Gasteiger partial charge in [-0.3, -0.25) is 19.6 Å². The van der Waals surface area contributed by atoms with E-state index in [2.05, 4.69) is 10.3 Å². The number of aldehydes is 1. The molecule has 0 saturated carbocycles. The molecule has 0 spiro atoms. The van der Waals surface area contributed by atoms with Crippen molar-refractivity contribution in [3.05, 3.63) is 52.6 Å². The highest BCUT2D eigenvalue weighted by Gasteiger charge is 2.49. The van der Waals surface area contributed by atoms with Crippen molar-refractivity contribution in [2.45, 2.75) is 65.8 Å². The summed E-state index contributed by atoms with van der Waals surface area (Å²) in [5.74, 6) is -0.159. The third kappa shape index (κ3) is 7.58. The topological polar surface area (TPSA) is 143 Å². The number of benzene rings is 1. The molecule has 1 aromatic heterocycles. The van der Waals surface area contributed by atoms with Gasteiger partial charge < -0.3 is 24.1 Å². The first kappa shape index (κ1) is 31.7. The predicted octanol–water partition coefficient (Wildman–Crippen LogP) is 2.66. The van der Waals surface area contributed by atoms with Crippen LogP contribution in [0, 0.1) is 5.41 Å². The summed E-state index contributed by atoms with van der Waals surface area (Å²) >= 11 is 0. The second-order valence-corrected chi connectivity index (χ2v) is 12.7. The van der Waals surface area contributed by atoms with Crippen LogP contribution in [0.5, 0.6) is 0 Å². The van der Waals surface area contributed by atoms with Crippen LogP contribution < -0.4 is 11.0 Å². The van der Waals surface area contributed by atoms with Crippen LogP contribution in [-0.2, 0) is 25.5 Å². The minimum Gasteiger partial charge on any atom is -0.444 e. The van der Waals surface area contributed by atoms with Gasteiger partial charge >= 0.3 is 17.8 Å². The molecule has 13 heteroatoms. The van der Waals surface area contributed by atoms with Crippen molar-refractivity contribution in [1.29, 1.82) is 0 Å². The number of piperazine rings is 1. The van der Waals surface area contributed by atoms with Crippen LogP contribution >= 0.6 is 0 Å². The number of hydrogen-bond acceptors (Lipinski definition) is 8. The molecule has 1 N–H and O–H groups in total. The number of nitrogens with zero attached hydrogens (tertiary/aromatic N) is 5. The van der Waals surface area contributed by atoms with Gasteiger partial charge in [-0.1, -0.05) is 32.9 Å². The zero-order valence-electron chi connectivity index (χ0n) is 25.5. The van der Waals surface area contributed by atoms with Crippen LogP contribution in [0.1, 0.15) is 47.1 Å². The summed E-state index contributed by atoms with van der Waals surface area (Å²) < 4.78 is 12.9. The van der Waals surface area contributed by atoms with Crippen molar-refractivity contribution in [2.75, 3.05) is 38.1 Å². The van der Waals surface area contributed by atoms with E-state index in [1.54, 1.807) is 49.9 Å². The van der Waals surface area contributed by atoms with E-state index >= 15 is 0 Å². The van der Waals surface area contributed by atoms with Crippen LogP contribution in [0.2, 0.25) is 0 Å². The van der Waals surface area contributed by atoms with Gasteiger partial charge in [-0.05, 0) is 44.5 Å². The summed E-state index contributed by atoms with van der Waals surface area (Å²) in [4.78, 5) is 71.5. The van der Waals surface area contributed by atoms with Gasteiger partial charge in [0.2, 0.25) is 5.91 Å². The maximum absolute atomic E-state index is 13.6. The molecular weight excluding hydrogens is 556 g/mol. The minimum absolute atomic E-state index is 0.0564. The monoisotopic (exact) mass is 596 g/mol. The van der Waals surface area contributed by atoms with Gasteiger partial charge in [0.15, 0.2) is 0 Å². The second-order valence-electron chi connectivity index (χ2n) is 12.7. The van der Waals surface area contributed by atoms with Crippen LogP contribution in [-0.4, -0.2) is 99.2 Å². The third-order valence-electron chi connectivity index (χ3n) is 7.08. The molecular formula is C30H40N6O7. The zero-order chi connectivity index (χ0) is 31.5. The summed E-state index contributed by atoms with van der Waals surface area (Å²) in [6.07, 6.45) is 1.38. The highest BCUT2D eigenvalue weighted by molar-refractivity contribution is 5.89. The molecule has 0 aliphatic carbocycles. The molecule has 2 atom stereocenters. The standard InChI is InChI=1S/C30H40N6O7/c1-29(2,3)25-36(28(41)43-30(4,5)6)22(19-42-25)24(38)33-14-16-34(17-15-33)26(39)31-23-11-13-35(27(40)32-23)21-9-7-20(8-10-21)12-18-37/h7-11,13,18,22,25H,12,14-17,19H2,1-6H3,(H,31,32,39,40). The Morgan fingerprint density at radius 1 is 1.00 bits per heavy atom. The lowest BCUT2D eigenvalue weighted by molar-refractivity contribution is -0.138. The van der Waals surface area contributed by atoms with Gasteiger partial charge in [0.25, 0.3) is 0 Å². The first-order valence-corrected chi connectivity index (χ1v) is 14.3. The molecule has 2 aliphatic heterocycles. The smallest absolute Gasteiger partial charge is 0.413 e. The van der Waals surface area contributed by atoms with E-state index in [4.69, 9.17) is 9.47 Å². The van der Waals surface area contributed by atoms with Crippen LogP contribution in [0.4, 0.5) is 15.4 Å². The van der Waals surface area contributed by atoms with E-state index in [0.29, 0.717) is 5.69 Å². The molecule has 2 saturated heterocycles. The van der Waals surface area contributed by atoms with Crippen molar-refractivity contribution in [3.8, 4) is 5.69 Å². The molecule has 1 aromatic carbocycles. The summed E-state index contributed by atoms with van der Waals surface area (Å²) in [5, 5.41) is 2.65. The minimum atomic E-state index is -0.837. The second kappa shape index (κ2) is 12.5. The Morgan fingerprint density at radius 2 is 1.63 bits per heavy atom. The van der Waals surface area contributed by atoms with Gasteiger partial charge in [-0.15, -0.1) is 0 Å². The van der Waals surface area contributed by atoms with Gasteiger partial charge in [0, 0.05) is 44.2 Å². The van der Waals surface area contributed by atoms with E-state index < -0.39 is 41.1 Å². The fraction of sp³-hybridized carbons (Fsp3) is 0.533. The Bertz CT molecular complexity index is 1400. The van der Waals surface area contributed by atoms with Crippen molar-refractivity contribution in [3.63, 3.8) is 0 Å². The third-order valence-corrected chi connectivity index (χ3v) is 7.08. The van der Waals surface area contributed by atoms with E-state index in [-0.39, 0.29) is 50.9 Å². The van der Waals surface area contributed by atoms with Crippen molar-refractivity contribution in [2.24, 2.45) is 5.41 Å². The fourth-order valence-electron chi connectivity index (χ4n) is 4.99. The van der Waals surface area contributed by atoms with Crippen molar-refractivity contribution >= 4 is 30.1 Å². The van der Waals surface area contributed by atoms with E-state index in [0.717, 1.165) is 11.8 Å². The number of carbonyl (C=O) groups is 4. The Morgan fingerprint density at radius 3 is 2.19 bits per heavy atom. The molecule has 43 heavy (non-hydrogen) atoms. The van der Waals surface area contributed by atoms with Gasteiger partial charge in [0.1, 0.15) is 30.0 Å². The lowest BCUT2D eigenvalue weighted by atomic mass is 9.93. The number of anilines is 1. The van der Waals surface area contributed by atoms with Crippen LogP contribution in [0.25, 0.3) is 5.69 Å². The molecule has 2 fully saturated rings. The zero-order valence-corrected chi connectivity index (χ0v) is 25.5. The summed E-state index contributed by atoms with van der Waals surface area (Å²) in [7, 11) is 0. The van der Waals surface area contributed by atoms with Crippen LogP contribution in [0.15, 0.2) is 41.3 Å². The number of urea groups is 1. The number of aromatic nitrogens is 2. The lowest BCUT2D eigenvalue weighted by Gasteiger charge is -2.39. The Balaban J connectivity index is 1.36. The maximum Gasteiger partial charge on any atom is 0.413 e. The molecule has 2 aromatic rings. The summed E-state index contributed by atoms with van der Waals surface area (Å²) in [6, 6.07) is 7.19. The number of hydrogen-bond donors (Lipinski definition) is 1. The summed E-state index contributed by atoms with van der Waals surface area (Å²) in [5.41, 5.74) is -0.343. The average Bonchev–Trinajstić information content (AvgIpc) is 3.39. The Labute approximate surface area is 250 Å². The molecule has 0 radical (unpaired) electrons. The number of nitrogens with one attached hydrogen (secondary N) is 1. The number of amides is 4.